The van der Waals surface area contributed by atoms with Crippen molar-refractivity contribution in [3.8, 4) is 17.2 Å². The maximum atomic E-state index is 13.6. The summed E-state index contributed by atoms with van der Waals surface area (Å²) in [5.41, 5.74) is 3.42. The average Bonchev–Trinajstić information content (AvgIpc) is 3.38. The Bertz CT molecular complexity index is 1670. The van der Waals surface area contributed by atoms with Gasteiger partial charge in [-0.05, 0) is 50.6 Å². The lowest BCUT2D eigenvalue weighted by atomic mass is 10.1. The summed E-state index contributed by atoms with van der Waals surface area (Å²) in [6, 6.07) is 9.13. The number of methoxy groups -OCH3 is 3. The molecule has 4 aromatic rings. The van der Waals surface area contributed by atoms with Crippen LogP contribution in [0.1, 0.15) is 40.1 Å². The lowest BCUT2D eigenvalue weighted by Crippen LogP contribution is -2.35. The van der Waals surface area contributed by atoms with Crippen molar-refractivity contribution in [3.05, 3.63) is 52.7 Å². The van der Waals surface area contributed by atoms with Crippen LogP contribution in [0.5, 0.6) is 17.2 Å². The molecule has 0 saturated carbocycles. The van der Waals surface area contributed by atoms with Crippen molar-refractivity contribution < 1.29 is 23.8 Å². The molecule has 0 aliphatic carbocycles. The Morgan fingerprint density at radius 1 is 1.02 bits per heavy atom. The molecular formula is C30H32N6O5S. The number of rotatable bonds is 8. The molecule has 12 heteroatoms. The van der Waals surface area contributed by atoms with Crippen molar-refractivity contribution in [3.63, 3.8) is 0 Å². The minimum absolute atomic E-state index is 0.333. The summed E-state index contributed by atoms with van der Waals surface area (Å²) in [6.07, 6.45) is 5.18. The van der Waals surface area contributed by atoms with Crippen LogP contribution in [-0.4, -0.2) is 61.2 Å². The molecule has 0 atom stereocenters. The Labute approximate surface area is 247 Å². The summed E-state index contributed by atoms with van der Waals surface area (Å²) in [7, 11) is 4.56. The first-order chi connectivity index (χ1) is 20.4. The molecule has 4 heterocycles. The van der Waals surface area contributed by atoms with Gasteiger partial charge in [-0.2, -0.15) is 0 Å². The molecule has 2 aromatic carbocycles. The Morgan fingerprint density at radius 2 is 1.76 bits per heavy atom. The average molecular weight is 589 g/mol. The van der Waals surface area contributed by atoms with E-state index in [4.69, 9.17) is 14.2 Å². The zero-order chi connectivity index (χ0) is 29.4. The van der Waals surface area contributed by atoms with Crippen LogP contribution >= 0.6 is 11.3 Å². The molecule has 3 amide bonds. The van der Waals surface area contributed by atoms with Crippen LogP contribution in [-0.2, 0) is 6.54 Å². The number of carbonyl (C=O) groups excluding carboxylic acids is 2. The van der Waals surface area contributed by atoms with Crippen molar-refractivity contribution in [2.45, 2.75) is 32.7 Å². The molecule has 218 valence electrons. The standard InChI is InChI=1S/C30H32N6O5S/c1-17-20(14-21(39-2)25(41-4)24(17)40-3)36-27-22-23(34-30(36)38)26(42-29(22)32-16-31-27)28(37)33-19-10-8-18(9-11-19)15-35-12-6-5-7-13-35/h8-11,14,16H,5-7,12-13,15H2,1-4H3,(H,33,37)(H,34,38). The van der Waals surface area contributed by atoms with E-state index < -0.39 is 6.03 Å². The second kappa shape index (κ2) is 11.5. The van der Waals surface area contributed by atoms with Gasteiger partial charge in [-0.1, -0.05) is 18.6 Å². The van der Waals surface area contributed by atoms with Gasteiger partial charge in [-0.25, -0.2) is 19.7 Å². The van der Waals surface area contributed by atoms with Gasteiger partial charge in [0.2, 0.25) is 5.75 Å². The number of amides is 3. The lowest BCUT2D eigenvalue weighted by molar-refractivity contribution is 0.103. The van der Waals surface area contributed by atoms with E-state index in [1.54, 1.807) is 6.07 Å². The Balaban J connectivity index is 1.32. The molecule has 2 aromatic heterocycles. The molecular weight excluding hydrogens is 556 g/mol. The molecule has 0 bridgehead atoms. The van der Waals surface area contributed by atoms with Crippen molar-refractivity contribution >= 4 is 56.4 Å². The number of nitrogens with zero attached hydrogens (tertiary/aromatic N) is 4. The van der Waals surface area contributed by atoms with Gasteiger partial charge in [0.1, 0.15) is 16.0 Å². The minimum Gasteiger partial charge on any atom is -0.493 e. The molecule has 0 spiro atoms. The van der Waals surface area contributed by atoms with E-state index in [0.717, 1.165) is 19.6 Å². The number of anilines is 4. The summed E-state index contributed by atoms with van der Waals surface area (Å²) in [6.45, 7) is 4.98. The number of likely N-dealkylation sites (tertiary alicyclic amines) is 1. The Morgan fingerprint density at radius 3 is 2.45 bits per heavy atom. The highest BCUT2D eigenvalue weighted by atomic mass is 32.1. The number of benzene rings is 2. The Kier molecular flexibility index (Phi) is 7.56. The van der Waals surface area contributed by atoms with E-state index in [0.29, 0.717) is 60.8 Å². The number of hydrogen-bond donors (Lipinski definition) is 2. The van der Waals surface area contributed by atoms with E-state index in [2.05, 4.69) is 25.5 Å². The number of urea groups is 1. The summed E-state index contributed by atoms with van der Waals surface area (Å²) in [5, 5.41) is 6.47. The second-order valence-corrected chi connectivity index (χ2v) is 11.2. The van der Waals surface area contributed by atoms with Gasteiger partial charge < -0.3 is 24.8 Å². The van der Waals surface area contributed by atoms with Crippen molar-refractivity contribution in [2.24, 2.45) is 0 Å². The summed E-state index contributed by atoms with van der Waals surface area (Å²) < 4.78 is 16.6. The largest absolute Gasteiger partial charge is 0.493 e. The highest BCUT2D eigenvalue weighted by molar-refractivity contribution is 7.21. The SMILES string of the molecule is COc1cc(N2C(=O)Nc3c(C(=O)Nc4ccc(CN5CCCCC5)cc4)sc4ncnc2c34)c(C)c(OC)c1OC. The number of carbonyl (C=O) groups is 2. The number of nitrogens with one attached hydrogen (secondary N) is 2. The van der Waals surface area contributed by atoms with E-state index in [1.807, 2.05) is 31.2 Å². The molecule has 42 heavy (non-hydrogen) atoms. The molecule has 1 saturated heterocycles. The second-order valence-electron chi connectivity index (χ2n) is 10.2. The summed E-state index contributed by atoms with van der Waals surface area (Å²) >= 11 is 1.20. The molecule has 6 rings (SSSR count). The van der Waals surface area contributed by atoms with E-state index >= 15 is 0 Å². The molecule has 1 fully saturated rings. The predicted molar refractivity (Wildman–Crippen MR) is 163 cm³/mol. The van der Waals surface area contributed by atoms with Gasteiger partial charge in [-0.3, -0.25) is 9.69 Å². The van der Waals surface area contributed by atoms with Crippen molar-refractivity contribution in [2.75, 3.05) is 50.0 Å². The maximum Gasteiger partial charge on any atom is 0.332 e. The molecule has 2 aliphatic rings. The van der Waals surface area contributed by atoms with Gasteiger partial charge in [0, 0.05) is 23.9 Å². The van der Waals surface area contributed by atoms with Gasteiger partial charge in [0.05, 0.1) is 38.1 Å². The number of ether oxygens (including phenoxy) is 3. The molecule has 0 radical (unpaired) electrons. The third-order valence-electron chi connectivity index (χ3n) is 7.68. The summed E-state index contributed by atoms with van der Waals surface area (Å²) in [4.78, 5) is 40.8. The molecule has 2 aliphatic heterocycles. The third-order valence-corrected chi connectivity index (χ3v) is 8.78. The fourth-order valence-corrected chi connectivity index (χ4v) is 6.61. The first kappa shape index (κ1) is 27.7. The predicted octanol–water partition coefficient (Wildman–Crippen LogP) is 5.95. The third kappa shape index (κ3) is 4.86. The van der Waals surface area contributed by atoms with Crippen LogP contribution in [0.25, 0.3) is 10.2 Å². The van der Waals surface area contributed by atoms with E-state index in [9.17, 15) is 9.59 Å². The fourth-order valence-electron chi connectivity index (χ4n) is 5.63. The number of hydrogen-bond acceptors (Lipinski definition) is 9. The highest BCUT2D eigenvalue weighted by Gasteiger charge is 2.36. The van der Waals surface area contributed by atoms with Crippen molar-refractivity contribution in [1.82, 2.24) is 14.9 Å². The van der Waals surface area contributed by atoms with Crippen LogP contribution in [0.2, 0.25) is 0 Å². The fraction of sp³-hybridized carbons (Fsp3) is 0.333. The lowest BCUT2D eigenvalue weighted by Gasteiger charge is -2.29. The molecule has 2 N–H and O–H groups in total. The first-order valence-electron chi connectivity index (χ1n) is 13.7. The van der Waals surface area contributed by atoms with Crippen LogP contribution in [0.3, 0.4) is 0 Å². The number of thiophene rings is 1. The Hall–Kier alpha value is -4.42. The zero-order valence-corrected chi connectivity index (χ0v) is 24.8. The number of piperidine rings is 1. The van der Waals surface area contributed by atoms with Crippen LogP contribution in [0, 0.1) is 6.92 Å². The van der Waals surface area contributed by atoms with Gasteiger partial charge in [0.15, 0.2) is 17.3 Å². The van der Waals surface area contributed by atoms with Crippen LogP contribution < -0.4 is 29.7 Å². The zero-order valence-electron chi connectivity index (χ0n) is 23.9. The normalized spacial score (nSPS) is 15.0. The van der Waals surface area contributed by atoms with Gasteiger partial charge in [-0.15, -0.1) is 11.3 Å². The first-order valence-corrected chi connectivity index (χ1v) is 14.6. The maximum absolute atomic E-state index is 13.6. The van der Waals surface area contributed by atoms with Gasteiger partial charge in [0.25, 0.3) is 5.91 Å². The van der Waals surface area contributed by atoms with Gasteiger partial charge >= 0.3 is 6.03 Å². The molecule has 11 nitrogen and oxygen atoms in total. The smallest absolute Gasteiger partial charge is 0.332 e. The molecule has 0 unspecified atom stereocenters. The highest BCUT2D eigenvalue weighted by Crippen LogP contribution is 2.50. The van der Waals surface area contributed by atoms with Crippen molar-refractivity contribution in [1.29, 1.82) is 0 Å². The number of aromatic nitrogens is 2. The topological polar surface area (TPSA) is 118 Å². The summed E-state index contributed by atoms with van der Waals surface area (Å²) in [5.74, 6) is 1.27. The van der Waals surface area contributed by atoms with E-state index in [1.165, 1.54) is 68.7 Å². The van der Waals surface area contributed by atoms with Crippen LogP contribution in [0.15, 0.2) is 36.7 Å². The quantitative estimate of drug-likeness (QED) is 0.259. The van der Waals surface area contributed by atoms with Crippen LogP contribution in [0.4, 0.5) is 27.7 Å². The van der Waals surface area contributed by atoms with E-state index in [-0.39, 0.29) is 5.91 Å². The monoisotopic (exact) mass is 588 g/mol. The minimum atomic E-state index is -0.477.